The molecule has 1 heterocycles. The Balaban J connectivity index is 1.54. The lowest BCUT2D eigenvalue weighted by atomic mass is 9.88. The number of benzene rings is 3. The van der Waals surface area contributed by atoms with E-state index in [1.54, 1.807) is 19.1 Å². The van der Waals surface area contributed by atoms with Crippen LogP contribution in [0.5, 0.6) is 5.75 Å². The van der Waals surface area contributed by atoms with Crippen LogP contribution >= 0.6 is 0 Å². The van der Waals surface area contributed by atoms with Crippen molar-refractivity contribution >= 4 is 11.8 Å². The van der Waals surface area contributed by atoms with Crippen molar-refractivity contribution in [3.63, 3.8) is 0 Å². The maximum atomic E-state index is 13.4. The molecule has 0 spiro atoms. The van der Waals surface area contributed by atoms with Gasteiger partial charge in [-0.15, -0.1) is 0 Å². The fourth-order valence-corrected chi connectivity index (χ4v) is 4.44. The first-order valence-corrected chi connectivity index (χ1v) is 11.6. The standard InChI is InChI=1S/C28H29FN2O3/c1-3-26(28(33)30-18-20-8-7-11-23(29)16-20)34-24-13-12-21-14-15-31(19(2)32)27(25(21)17-24)22-9-5-4-6-10-22/h4-13,16-17,26-27H,3,14-15,18H2,1-2H3,(H,30,33). The van der Waals surface area contributed by atoms with E-state index in [9.17, 15) is 14.0 Å². The van der Waals surface area contributed by atoms with Gasteiger partial charge in [-0.05, 0) is 59.4 Å². The molecule has 2 atom stereocenters. The Morgan fingerprint density at radius 3 is 2.59 bits per heavy atom. The summed E-state index contributed by atoms with van der Waals surface area (Å²) in [5, 5.41) is 2.83. The molecule has 2 unspecified atom stereocenters. The molecular weight excluding hydrogens is 431 g/mol. The maximum absolute atomic E-state index is 13.4. The third-order valence-corrected chi connectivity index (χ3v) is 6.16. The lowest BCUT2D eigenvalue weighted by Crippen LogP contribution is -2.39. The molecule has 0 aromatic heterocycles. The zero-order valence-electron chi connectivity index (χ0n) is 19.5. The number of halogens is 1. The smallest absolute Gasteiger partial charge is 0.261 e. The van der Waals surface area contributed by atoms with Gasteiger partial charge >= 0.3 is 0 Å². The highest BCUT2D eigenvalue weighted by Crippen LogP contribution is 2.37. The first kappa shape index (κ1) is 23.5. The van der Waals surface area contributed by atoms with E-state index in [2.05, 4.69) is 5.32 Å². The average molecular weight is 461 g/mol. The predicted octanol–water partition coefficient (Wildman–Crippen LogP) is 4.79. The second-order valence-electron chi connectivity index (χ2n) is 8.50. The summed E-state index contributed by atoms with van der Waals surface area (Å²) >= 11 is 0. The van der Waals surface area contributed by atoms with Crippen LogP contribution < -0.4 is 10.1 Å². The van der Waals surface area contributed by atoms with Gasteiger partial charge in [-0.3, -0.25) is 9.59 Å². The van der Waals surface area contributed by atoms with Crippen LogP contribution in [0.2, 0.25) is 0 Å². The summed E-state index contributed by atoms with van der Waals surface area (Å²) in [5.41, 5.74) is 3.91. The van der Waals surface area contributed by atoms with Crippen LogP contribution in [0.1, 0.15) is 48.6 Å². The minimum Gasteiger partial charge on any atom is -0.481 e. The fraction of sp³-hybridized carbons (Fsp3) is 0.286. The molecule has 1 N–H and O–H groups in total. The third kappa shape index (κ3) is 5.28. The summed E-state index contributed by atoms with van der Waals surface area (Å²) in [7, 11) is 0. The van der Waals surface area contributed by atoms with Crippen molar-refractivity contribution < 1.29 is 18.7 Å². The highest BCUT2D eigenvalue weighted by atomic mass is 19.1. The Morgan fingerprint density at radius 1 is 1.09 bits per heavy atom. The molecule has 3 aromatic rings. The van der Waals surface area contributed by atoms with E-state index >= 15 is 0 Å². The van der Waals surface area contributed by atoms with E-state index in [4.69, 9.17) is 4.74 Å². The SMILES string of the molecule is CCC(Oc1ccc2c(c1)C(c1ccccc1)N(C(C)=O)CC2)C(=O)NCc1cccc(F)c1. The van der Waals surface area contributed by atoms with Crippen molar-refractivity contribution in [2.75, 3.05) is 6.54 Å². The summed E-state index contributed by atoms with van der Waals surface area (Å²) < 4.78 is 19.5. The Labute approximate surface area is 199 Å². The molecular formula is C28H29FN2O3. The first-order chi connectivity index (χ1) is 16.5. The van der Waals surface area contributed by atoms with E-state index in [0.717, 1.165) is 17.5 Å². The summed E-state index contributed by atoms with van der Waals surface area (Å²) in [4.78, 5) is 27.1. The molecule has 0 saturated carbocycles. The van der Waals surface area contributed by atoms with E-state index in [1.807, 2.05) is 60.4 Å². The van der Waals surface area contributed by atoms with Gasteiger partial charge in [0.25, 0.3) is 5.91 Å². The molecule has 1 aliphatic heterocycles. The molecule has 176 valence electrons. The predicted molar refractivity (Wildman–Crippen MR) is 129 cm³/mol. The van der Waals surface area contributed by atoms with Crippen molar-refractivity contribution in [2.45, 2.75) is 45.4 Å². The third-order valence-electron chi connectivity index (χ3n) is 6.16. The van der Waals surface area contributed by atoms with Gasteiger partial charge in [-0.1, -0.05) is 55.5 Å². The molecule has 2 amide bonds. The van der Waals surface area contributed by atoms with Crippen molar-refractivity contribution in [1.29, 1.82) is 0 Å². The lowest BCUT2D eigenvalue weighted by Gasteiger charge is -2.37. The van der Waals surface area contributed by atoms with Crippen LogP contribution in [0.3, 0.4) is 0 Å². The number of carbonyl (C=O) groups is 2. The summed E-state index contributed by atoms with van der Waals surface area (Å²) in [6.45, 7) is 4.36. The Bertz CT molecular complexity index is 1170. The van der Waals surface area contributed by atoms with Crippen LogP contribution in [0.25, 0.3) is 0 Å². The Kier molecular flexibility index (Phi) is 7.26. The monoisotopic (exact) mass is 460 g/mol. The van der Waals surface area contributed by atoms with E-state index in [-0.39, 0.29) is 30.2 Å². The number of rotatable bonds is 7. The highest BCUT2D eigenvalue weighted by Gasteiger charge is 2.31. The second-order valence-corrected chi connectivity index (χ2v) is 8.50. The average Bonchev–Trinajstić information content (AvgIpc) is 2.85. The number of hydrogen-bond acceptors (Lipinski definition) is 3. The van der Waals surface area contributed by atoms with Crippen LogP contribution in [-0.2, 0) is 22.6 Å². The van der Waals surface area contributed by atoms with Crippen molar-refractivity contribution in [2.24, 2.45) is 0 Å². The number of carbonyl (C=O) groups excluding carboxylic acids is 2. The number of nitrogens with zero attached hydrogens (tertiary/aromatic N) is 1. The van der Waals surface area contributed by atoms with Crippen molar-refractivity contribution in [3.05, 3.63) is 101 Å². The molecule has 0 bridgehead atoms. The van der Waals surface area contributed by atoms with Gasteiger partial charge in [0.05, 0.1) is 6.04 Å². The molecule has 5 nitrogen and oxygen atoms in total. The largest absolute Gasteiger partial charge is 0.481 e. The number of fused-ring (bicyclic) bond motifs is 1. The van der Waals surface area contributed by atoms with Crippen molar-refractivity contribution in [3.8, 4) is 5.75 Å². The normalized spacial score (nSPS) is 15.9. The molecule has 4 rings (SSSR count). The minimum atomic E-state index is -0.686. The summed E-state index contributed by atoms with van der Waals surface area (Å²) in [6.07, 6.45) is 0.562. The Morgan fingerprint density at radius 2 is 1.88 bits per heavy atom. The first-order valence-electron chi connectivity index (χ1n) is 11.6. The van der Waals surface area contributed by atoms with E-state index in [1.165, 1.54) is 17.7 Å². The highest BCUT2D eigenvalue weighted by molar-refractivity contribution is 5.81. The van der Waals surface area contributed by atoms with E-state index < -0.39 is 6.10 Å². The molecule has 0 fully saturated rings. The molecule has 1 aliphatic rings. The lowest BCUT2D eigenvalue weighted by molar-refractivity contribution is -0.131. The Hall–Kier alpha value is -3.67. The zero-order chi connectivity index (χ0) is 24.1. The number of hydrogen-bond donors (Lipinski definition) is 1. The molecule has 0 aliphatic carbocycles. The van der Waals surface area contributed by atoms with Gasteiger partial charge in [-0.2, -0.15) is 0 Å². The molecule has 0 saturated heterocycles. The van der Waals surface area contributed by atoms with Gasteiger partial charge in [0.15, 0.2) is 6.10 Å². The van der Waals surface area contributed by atoms with Gasteiger partial charge in [0, 0.05) is 20.0 Å². The molecule has 6 heteroatoms. The van der Waals surface area contributed by atoms with Crippen LogP contribution in [0.15, 0.2) is 72.8 Å². The van der Waals surface area contributed by atoms with Gasteiger partial charge in [0.2, 0.25) is 5.91 Å². The molecule has 34 heavy (non-hydrogen) atoms. The van der Waals surface area contributed by atoms with Crippen LogP contribution in [0, 0.1) is 5.82 Å². The molecule has 0 radical (unpaired) electrons. The van der Waals surface area contributed by atoms with Gasteiger partial charge in [0.1, 0.15) is 11.6 Å². The fourth-order valence-electron chi connectivity index (χ4n) is 4.44. The maximum Gasteiger partial charge on any atom is 0.261 e. The van der Waals surface area contributed by atoms with E-state index in [0.29, 0.717) is 24.3 Å². The number of ether oxygens (including phenoxy) is 1. The van der Waals surface area contributed by atoms with Gasteiger partial charge < -0.3 is 15.0 Å². The van der Waals surface area contributed by atoms with Crippen LogP contribution in [0.4, 0.5) is 4.39 Å². The number of nitrogens with one attached hydrogen (secondary N) is 1. The van der Waals surface area contributed by atoms with Gasteiger partial charge in [-0.25, -0.2) is 4.39 Å². The zero-order valence-corrected chi connectivity index (χ0v) is 19.5. The minimum absolute atomic E-state index is 0.0222. The summed E-state index contributed by atoms with van der Waals surface area (Å²) in [6, 6.07) is 21.8. The topological polar surface area (TPSA) is 58.6 Å². The van der Waals surface area contributed by atoms with Crippen molar-refractivity contribution in [1.82, 2.24) is 10.2 Å². The quantitative estimate of drug-likeness (QED) is 0.551. The second kappa shape index (κ2) is 10.5. The molecule has 3 aromatic carbocycles. The number of amides is 2. The summed E-state index contributed by atoms with van der Waals surface area (Å²) in [5.74, 6) is 0.0120. The van der Waals surface area contributed by atoms with Crippen LogP contribution in [-0.4, -0.2) is 29.4 Å².